The average Bonchev–Trinajstić information content (AvgIpc) is 3.05. The highest BCUT2D eigenvalue weighted by Gasteiger charge is 2.66. The van der Waals surface area contributed by atoms with Crippen LogP contribution in [-0.4, -0.2) is 32.4 Å². The number of nitrogens with zero attached hydrogens (tertiary/aromatic N) is 3. The maximum atomic E-state index is 14.0. The van der Waals surface area contributed by atoms with Crippen LogP contribution in [0.1, 0.15) is 31.7 Å². The lowest BCUT2D eigenvalue weighted by Gasteiger charge is -2.24. The summed E-state index contributed by atoms with van der Waals surface area (Å²) < 4.78 is 66.9. The number of alkyl halides is 4. The molecule has 0 fully saturated rings. The predicted octanol–water partition coefficient (Wildman–Crippen LogP) is 3.98. The Labute approximate surface area is 153 Å². The van der Waals surface area contributed by atoms with E-state index < -0.39 is 20.6 Å². The number of aryl methyl sites for hydroxylation is 1. The third kappa shape index (κ3) is 4.02. The molecular formula is C15H17ClF3N3O3S. The number of aromatic nitrogens is 3. The van der Waals surface area contributed by atoms with Gasteiger partial charge < -0.3 is 0 Å². The van der Waals surface area contributed by atoms with Gasteiger partial charge in [-0.2, -0.15) is 26.3 Å². The third-order valence-electron chi connectivity index (χ3n) is 3.77. The van der Waals surface area contributed by atoms with Crippen LogP contribution in [-0.2, 0) is 22.6 Å². The van der Waals surface area contributed by atoms with Gasteiger partial charge in [0.15, 0.2) is 0 Å². The van der Waals surface area contributed by atoms with E-state index in [1.165, 1.54) is 0 Å². The van der Waals surface area contributed by atoms with Gasteiger partial charge in [0.25, 0.3) is 0 Å². The third-order valence-corrected chi connectivity index (χ3v) is 5.48. The molecule has 1 unspecified atom stereocenters. The zero-order valence-corrected chi connectivity index (χ0v) is 15.3. The fourth-order valence-corrected chi connectivity index (χ4v) is 2.73. The predicted molar refractivity (Wildman–Crippen MR) is 90.1 cm³/mol. The van der Waals surface area contributed by atoms with Crippen molar-refractivity contribution in [1.29, 1.82) is 0 Å². The van der Waals surface area contributed by atoms with Crippen LogP contribution in [0.5, 0.6) is 0 Å². The second-order valence-electron chi connectivity index (χ2n) is 5.74. The van der Waals surface area contributed by atoms with Gasteiger partial charge in [0.1, 0.15) is 5.69 Å². The molecule has 26 heavy (non-hydrogen) atoms. The van der Waals surface area contributed by atoms with Gasteiger partial charge >= 0.3 is 20.6 Å². The van der Waals surface area contributed by atoms with Gasteiger partial charge in [-0.3, -0.25) is 4.55 Å². The first-order valence-corrected chi connectivity index (χ1v) is 9.57. The average molecular weight is 412 g/mol. The summed E-state index contributed by atoms with van der Waals surface area (Å²) in [6, 6.07) is 2.01. The van der Waals surface area contributed by atoms with E-state index in [9.17, 15) is 21.6 Å². The first-order chi connectivity index (χ1) is 12.0. The Kier molecular flexibility index (Phi) is 5.99. The van der Waals surface area contributed by atoms with Crippen molar-refractivity contribution in [3.63, 3.8) is 0 Å². The van der Waals surface area contributed by atoms with Crippen LogP contribution in [0.4, 0.5) is 13.2 Å². The highest BCUT2D eigenvalue weighted by atomic mass is 35.5. The van der Waals surface area contributed by atoms with Crippen molar-refractivity contribution in [3.05, 3.63) is 36.0 Å². The lowest BCUT2D eigenvalue weighted by atomic mass is 10.0. The second-order valence-corrected chi connectivity index (χ2v) is 7.99. The fraction of sp³-hybridized carbons (Fsp3) is 0.467. The standard InChI is InChI=1S/C15H17ClF3N3O3S/c1-2-3-4-5-11-6-8-12(9-7-11)13-10-22(21-20-13)15(18,19)14(16,17)26(23,24)25/h6-10H,2-5H2,1H3,(H,23,24,25). The van der Waals surface area contributed by atoms with Crippen LogP contribution >= 0.6 is 11.6 Å². The molecule has 2 rings (SSSR count). The fourth-order valence-electron chi connectivity index (χ4n) is 2.24. The van der Waals surface area contributed by atoms with E-state index in [4.69, 9.17) is 16.2 Å². The summed E-state index contributed by atoms with van der Waals surface area (Å²) in [6.45, 7) is 2.09. The van der Waals surface area contributed by atoms with Crippen LogP contribution in [0.3, 0.4) is 0 Å². The van der Waals surface area contributed by atoms with E-state index in [-0.39, 0.29) is 10.4 Å². The Morgan fingerprint density at radius 3 is 2.35 bits per heavy atom. The van der Waals surface area contributed by atoms with Crippen molar-refractivity contribution in [2.24, 2.45) is 0 Å². The summed E-state index contributed by atoms with van der Waals surface area (Å²) in [5.41, 5.74) is 1.46. The number of benzene rings is 1. The second kappa shape index (κ2) is 7.53. The normalized spacial score (nSPS) is 15.0. The van der Waals surface area contributed by atoms with Crippen molar-refractivity contribution in [3.8, 4) is 11.3 Å². The van der Waals surface area contributed by atoms with Crippen molar-refractivity contribution in [2.75, 3.05) is 0 Å². The number of rotatable bonds is 8. The molecule has 144 valence electrons. The lowest BCUT2D eigenvalue weighted by molar-refractivity contribution is -0.144. The van der Waals surface area contributed by atoms with E-state index in [0.29, 0.717) is 11.8 Å². The van der Waals surface area contributed by atoms with E-state index in [2.05, 4.69) is 17.2 Å². The first kappa shape index (κ1) is 20.7. The molecule has 1 aromatic heterocycles. The zero-order chi connectivity index (χ0) is 19.6. The number of unbranched alkanes of at least 4 members (excludes halogenated alkanes) is 2. The minimum absolute atomic E-state index is 0.0346. The summed E-state index contributed by atoms with van der Waals surface area (Å²) in [4.78, 5) is 0. The minimum atomic E-state index is -5.92. The topological polar surface area (TPSA) is 85.1 Å². The highest BCUT2D eigenvalue weighted by Crippen LogP contribution is 2.43. The molecule has 0 saturated heterocycles. The van der Waals surface area contributed by atoms with Gasteiger partial charge in [0.2, 0.25) is 0 Å². The molecule has 0 aliphatic heterocycles. The first-order valence-electron chi connectivity index (χ1n) is 7.75. The van der Waals surface area contributed by atoms with Gasteiger partial charge in [-0.15, -0.1) is 5.10 Å². The highest BCUT2D eigenvalue weighted by molar-refractivity contribution is 7.88. The van der Waals surface area contributed by atoms with Crippen molar-refractivity contribution in [2.45, 2.75) is 43.1 Å². The maximum absolute atomic E-state index is 14.0. The van der Waals surface area contributed by atoms with Gasteiger partial charge in [0.05, 0.1) is 6.20 Å². The summed E-state index contributed by atoms with van der Waals surface area (Å²) in [6.07, 6.45) is 4.75. The van der Waals surface area contributed by atoms with Gasteiger partial charge in [-0.25, -0.2) is 0 Å². The van der Waals surface area contributed by atoms with Crippen molar-refractivity contribution >= 4 is 21.7 Å². The molecule has 11 heteroatoms. The smallest absolute Gasteiger partial charge is 0.282 e. The van der Waals surface area contributed by atoms with Crippen LogP contribution in [0, 0.1) is 0 Å². The van der Waals surface area contributed by atoms with E-state index in [0.717, 1.165) is 31.2 Å². The van der Waals surface area contributed by atoms with Crippen LogP contribution in [0.15, 0.2) is 30.5 Å². The van der Waals surface area contributed by atoms with E-state index >= 15 is 0 Å². The molecule has 1 heterocycles. The van der Waals surface area contributed by atoms with Gasteiger partial charge in [-0.05, 0) is 18.4 Å². The largest absolute Gasteiger partial charge is 0.410 e. The quantitative estimate of drug-likeness (QED) is 0.403. The Hall–Kier alpha value is -1.65. The molecule has 2 aromatic rings. The van der Waals surface area contributed by atoms with Gasteiger partial charge in [-0.1, -0.05) is 60.8 Å². The molecule has 0 aliphatic rings. The molecule has 0 spiro atoms. The molecule has 1 atom stereocenters. The van der Waals surface area contributed by atoms with Crippen LogP contribution in [0.2, 0.25) is 0 Å². The summed E-state index contributed by atoms with van der Waals surface area (Å²) in [5, 5.41) is 6.53. The van der Waals surface area contributed by atoms with E-state index in [1.807, 2.05) is 0 Å². The zero-order valence-electron chi connectivity index (χ0n) is 13.7. The molecule has 6 nitrogen and oxygen atoms in total. The molecule has 0 amide bonds. The minimum Gasteiger partial charge on any atom is -0.282 e. The van der Waals surface area contributed by atoms with Crippen molar-refractivity contribution < 1.29 is 26.1 Å². The summed E-state index contributed by atoms with van der Waals surface area (Å²) in [5.74, 6) is 0. The number of hydrogen-bond acceptors (Lipinski definition) is 4. The molecular weight excluding hydrogens is 395 g/mol. The molecule has 0 bridgehead atoms. The van der Waals surface area contributed by atoms with Crippen LogP contribution in [0.25, 0.3) is 11.3 Å². The lowest BCUT2D eigenvalue weighted by Crippen LogP contribution is -2.48. The Morgan fingerprint density at radius 2 is 1.81 bits per heavy atom. The van der Waals surface area contributed by atoms with Gasteiger partial charge in [0, 0.05) is 5.56 Å². The van der Waals surface area contributed by atoms with E-state index in [1.54, 1.807) is 24.3 Å². The monoisotopic (exact) mass is 411 g/mol. The number of halogens is 4. The SMILES string of the molecule is CCCCCc1ccc(-c2cn(C(F)(F)C(F)(Cl)S(=O)(=O)O)nn2)cc1. The summed E-state index contributed by atoms with van der Waals surface area (Å²) >= 11 is 4.73. The maximum Gasteiger partial charge on any atom is 0.410 e. The molecule has 0 aliphatic carbocycles. The molecule has 0 saturated carbocycles. The Bertz CT molecular complexity index is 855. The molecule has 1 aromatic carbocycles. The molecule has 0 radical (unpaired) electrons. The summed E-state index contributed by atoms with van der Waals surface area (Å²) in [7, 11) is -5.92. The Balaban J connectivity index is 2.24. The van der Waals surface area contributed by atoms with Crippen molar-refractivity contribution in [1.82, 2.24) is 15.0 Å². The molecule has 1 N–H and O–H groups in total. The van der Waals surface area contributed by atoms with Crippen LogP contribution < -0.4 is 0 Å². The number of hydrogen-bond donors (Lipinski definition) is 1. The Morgan fingerprint density at radius 1 is 1.19 bits per heavy atom.